The van der Waals surface area contributed by atoms with Crippen molar-refractivity contribution in [2.24, 2.45) is 0 Å². The lowest BCUT2D eigenvalue weighted by Gasteiger charge is -2.07. The van der Waals surface area contributed by atoms with Gasteiger partial charge in [0, 0.05) is 0 Å². The molecule has 0 unspecified atom stereocenters. The number of hydrogen-bond donors (Lipinski definition) is 0. The fourth-order valence-electron chi connectivity index (χ4n) is 3.80. The first-order valence-electron chi connectivity index (χ1n) is 12.2. The average molecular weight is 470 g/mol. The van der Waals surface area contributed by atoms with Gasteiger partial charge in [0.2, 0.25) is 0 Å². The van der Waals surface area contributed by atoms with E-state index in [1.54, 1.807) is 0 Å². The van der Waals surface area contributed by atoms with Gasteiger partial charge in [-0.3, -0.25) is 0 Å². The van der Waals surface area contributed by atoms with Crippen molar-refractivity contribution < 1.29 is 0 Å². The minimum atomic E-state index is -2.36. The smallest absolute Gasteiger partial charge is 0.126 e. The van der Waals surface area contributed by atoms with Crippen LogP contribution in [0.1, 0.15) is 135 Å². The van der Waals surface area contributed by atoms with Crippen molar-refractivity contribution in [3.8, 4) is 0 Å². The van der Waals surface area contributed by atoms with Crippen LogP contribution in [0.25, 0.3) is 0 Å². The molecule has 0 radical (unpaired) electrons. The van der Waals surface area contributed by atoms with Gasteiger partial charge in [0.25, 0.3) is 0 Å². The first-order valence-corrected chi connectivity index (χ1v) is 17.5. The van der Waals surface area contributed by atoms with E-state index >= 15 is 0 Å². The fourth-order valence-corrected chi connectivity index (χ4v) is 5.65. The highest BCUT2D eigenvalue weighted by Crippen LogP contribution is 2.27. The molecule has 0 spiro atoms. The average Bonchev–Trinajstić information content (AvgIpc) is 2.65. The van der Waals surface area contributed by atoms with Gasteiger partial charge in [0.15, 0.2) is 0 Å². The lowest BCUT2D eigenvalue weighted by Crippen LogP contribution is -2.07. The summed E-state index contributed by atoms with van der Waals surface area (Å²) in [4.78, 5) is 0. The van der Waals surface area contributed by atoms with E-state index in [1.807, 2.05) is 6.08 Å². The largest absolute Gasteiger partial charge is 0.341 e. The summed E-state index contributed by atoms with van der Waals surface area (Å²) in [5.41, 5.74) is 0. The van der Waals surface area contributed by atoms with Crippen molar-refractivity contribution in [2.45, 2.75) is 141 Å². The molecule has 4 heteroatoms. The van der Waals surface area contributed by atoms with E-state index < -0.39 is 6.00 Å². The third kappa shape index (κ3) is 26.8. The number of halogens is 3. The van der Waals surface area contributed by atoms with Gasteiger partial charge in [-0.15, -0.1) is 39.8 Å². The van der Waals surface area contributed by atoms with Crippen LogP contribution >= 0.6 is 33.2 Å². The molecule has 0 bridgehead atoms. The zero-order valence-corrected chi connectivity index (χ0v) is 21.7. The highest BCUT2D eigenvalue weighted by atomic mass is 35.8. The molecular weight excluding hydrogens is 423 g/mol. The molecule has 168 valence electrons. The number of unbranched alkanes of at least 4 members (excludes halogenated alkanes) is 20. The molecule has 0 aromatic rings. The van der Waals surface area contributed by atoms with Crippen LogP contribution in [0, 0.1) is 0 Å². The first-order chi connectivity index (χ1) is 13.6. The summed E-state index contributed by atoms with van der Waals surface area (Å²) in [6.07, 6.45) is 31.1. The molecule has 0 aliphatic rings. The highest BCUT2D eigenvalue weighted by molar-refractivity contribution is 7.64. The Morgan fingerprint density at radius 2 is 0.679 bits per heavy atom. The van der Waals surface area contributed by atoms with Crippen molar-refractivity contribution >= 4 is 39.2 Å². The van der Waals surface area contributed by atoms with Gasteiger partial charge in [-0.1, -0.05) is 128 Å². The second-order valence-corrected chi connectivity index (χ2v) is 17.8. The summed E-state index contributed by atoms with van der Waals surface area (Å²) < 4.78 is 0. The summed E-state index contributed by atoms with van der Waals surface area (Å²) >= 11 is 17.7. The van der Waals surface area contributed by atoms with Crippen LogP contribution in [0.5, 0.6) is 0 Å². The van der Waals surface area contributed by atoms with Crippen LogP contribution in [0.3, 0.4) is 0 Å². The van der Waals surface area contributed by atoms with E-state index in [0.717, 1.165) is 12.5 Å². The van der Waals surface area contributed by atoms with Crippen LogP contribution in [-0.4, -0.2) is 6.00 Å². The minimum Gasteiger partial charge on any atom is -0.126 e. The first kappa shape index (κ1) is 28.8. The molecule has 0 heterocycles. The van der Waals surface area contributed by atoms with E-state index in [-0.39, 0.29) is 0 Å². The zero-order valence-electron chi connectivity index (χ0n) is 18.5. The molecule has 0 fully saturated rings. The van der Waals surface area contributed by atoms with Crippen LogP contribution in [0.2, 0.25) is 6.04 Å². The van der Waals surface area contributed by atoms with Crippen molar-refractivity contribution in [3.63, 3.8) is 0 Å². The molecule has 0 N–H and O–H groups in total. The fraction of sp³-hybridized carbons (Fsp3) is 0.917. The van der Waals surface area contributed by atoms with Crippen molar-refractivity contribution in [2.75, 3.05) is 0 Å². The highest BCUT2D eigenvalue weighted by Gasteiger charge is 2.23. The van der Waals surface area contributed by atoms with E-state index in [9.17, 15) is 0 Å². The summed E-state index contributed by atoms with van der Waals surface area (Å²) in [6.45, 7) is 3.78. The standard InChI is InChI=1S/C24H47Cl3Si/c1-2-3-4-5-6-7-8-9-10-11-12-13-14-15-16-17-18-19-20-21-22-23-24-28(25,26)27/h2H,1,3-24H2. The monoisotopic (exact) mass is 468 g/mol. The molecule has 0 atom stereocenters. The molecule has 0 aromatic heterocycles. The topological polar surface area (TPSA) is 0 Å². The van der Waals surface area contributed by atoms with Crippen molar-refractivity contribution in [1.29, 1.82) is 0 Å². The molecule has 0 saturated carbocycles. The van der Waals surface area contributed by atoms with Crippen molar-refractivity contribution in [3.05, 3.63) is 12.7 Å². The molecule has 0 aliphatic heterocycles. The SMILES string of the molecule is C=CCCCCCCCCCCCCCCCCCCCCCC[Si](Cl)(Cl)Cl. The molecular formula is C24H47Cl3Si. The summed E-state index contributed by atoms with van der Waals surface area (Å²) in [5.74, 6) is 0. The Morgan fingerprint density at radius 3 is 0.929 bits per heavy atom. The van der Waals surface area contributed by atoms with Crippen LogP contribution in [-0.2, 0) is 0 Å². The molecule has 0 rings (SSSR count). The second-order valence-electron chi connectivity index (χ2n) is 8.51. The maximum atomic E-state index is 5.89. The molecule has 0 amide bonds. The molecule has 0 nitrogen and oxygen atoms in total. The molecule has 0 aromatic carbocycles. The van der Waals surface area contributed by atoms with Gasteiger partial charge in [-0.05, 0) is 18.9 Å². The normalized spacial score (nSPS) is 11.8. The number of allylic oxidation sites excluding steroid dienone is 1. The van der Waals surface area contributed by atoms with E-state index in [4.69, 9.17) is 33.2 Å². The summed E-state index contributed by atoms with van der Waals surface area (Å²) in [5, 5.41) is 0. The van der Waals surface area contributed by atoms with Crippen LogP contribution in [0.4, 0.5) is 0 Å². The minimum absolute atomic E-state index is 0.827. The summed E-state index contributed by atoms with van der Waals surface area (Å²) in [7, 11) is 0. The third-order valence-electron chi connectivity index (χ3n) is 5.62. The number of hydrogen-bond acceptors (Lipinski definition) is 0. The van der Waals surface area contributed by atoms with Gasteiger partial charge in [0.05, 0.1) is 0 Å². The predicted octanol–water partition coefficient (Wildman–Crippen LogP) is 11.0. The van der Waals surface area contributed by atoms with E-state index in [1.165, 1.54) is 128 Å². The Hall–Kier alpha value is 0.827. The Balaban J connectivity index is 3.02. The van der Waals surface area contributed by atoms with Gasteiger partial charge in [-0.25, -0.2) is 0 Å². The third-order valence-corrected chi connectivity index (χ3v) is 8.24. The van der Waals surface area contributed by atoms with Crippen molar-refractivity contribution in [1.82, 2.24) is 0 Å². The lowest BCUT2D eigenvalue weighted by atomic mass is 10.0. The van der Waals surface area contributed by atoms with Gasteiger partial charge in [0.1, 0.15) is 0 Å². The Labute approximate surface area is 192 Å². The zero-order chi connectivity index (χ0) is 20.8. The quantitative estimate of drug-likeness (QED) is 0.0603. The summed E-state index contributed by atoms with van der Waals surface area (Å²) in [6, 6.07) is -1.53. The second kappa shape index (κ2) is 22.5. The Kier molecular flexibility index (Phi) is 23.2. The van der Waals surface area contributed by atoms with E-state index in [2.05, 4.69) is 6.58 Å². The molecule has 0 saturated heterocycles. The maximum Gasteiger partial charge on any atom is 0.341 e. The maximum absolute atomic E-state index is 5.89. The lowest BCUT2D eigenvalue weighted by molar-refractivity contribution is 0.522. The van der Waals surface area contributed by atoms with Gasteiger partial charge >= 0.3 is 6.00 Å². The van der Waals surface area contributed by atoms with Crippen LogP contribution in [0.15, 0.2) is 12.7 Å². The molecule has 28 heavy (non-hydrogen) atoms. The number of rotatable bonds is 23. The molecule has 0 aliphatic carbocycles. The van der Waals surface area contributed by atoms with Gasteiger partial charge < -0.3 is 0 Å². The Bertz CT molecular complexity index is 315. The Morgan fingerprint density at radius 1 is 0.429 bits per heavy atom. The van der Waals surface area contributed by atoms with Gasteiger partial charge in [-0.2, -0.15) is 0 Å². The van der Waals surface area contributed by atoms with E-state index in [0.29, 0.717) is 0 Å². The van der Waals surface area contributed by atoms with Crippen LogP contribution < -0.4 is 0 Å². The predicted molar refractivity (Wildman–Crippen MR) is 135 cm³/mol.